The van der Waals surface area contributed by atoms with Gasteiger partial charge in [-0.2, -0.15) is 0 Å². The number of carbonyl (C=O) groups excluding carboxylic acids is 1. The summed E-state index contributed by atoms with van der Waals surface area (Å²) >= 11 is 0. The van der Waals surface area contributed by atoms with Gasteiger partial charge in [-0.1, -0.05) is 25.3 Å². The molecule has 1 saturated carbocycles. The van der Waals surface area contributed by atoms with E-state index in [1.54, 1.807) is 0 Å². The van der Waals surface area contributed by atoms with Crippen molar-refractivity contribution in [3.8, 4) is 5.75 Å². The first kappa shape index (κ1) is 16.3. The lowest BCUT2D eigenvalue weighted by Gasteiger charge is -2.35. The minimum atomic E-state index is -0.775. The molecule has 0 unspecified atom stereocenters. The monoisotopic (exact) mass is 317 g/mol. The van der Waals surface area contributed by atoms with Gasteiger partial charge in [0, 0.05) is 13.1 Å². The normalized spacial score (nSPS) is 20.0. The molecule has 1 aliphatic carbocycles. The molecule has 1 amide bonds. The van der Waals surface area contributed by atoms with Crippen molar-refractivity contribution in [2.45, 2.75) is 64.0 Å². The van der Waals surface area contributed by atoms with Gasteiger partial charge >= 0.3 is 0 Å². The third-order valence-electron chi connectivity index (χ3n) is 5.12. The average molecular weight is 317 g/mol. The first-order valence-electron chi connectivity index (χ1n) is 8.84. The maximum atomic E-state index is 12.6. The van der Waals surface area contributed by atoms with Crippen molar-refractivity contribution >= 4 is 5.91 Å². The molecule has 4 nitrogen and oxygen atoms in total. The van der Waals surface area contributed by atoms with Crippen LogP contribution in [0.2, 0.25) is 0 Å². The van der Waals surface area contributed by atoms with E-state index in [1.807, 2.05) is 24.0 Å². The van der Waals surface area contributed by atoms with Gasteiger partial charge in [-0.05, 0) is 49.4 Å². The Balaban J connectivity index is 1.65. The van der Waals surface area contributed by atoms with E-state index in [1.165, 1.54) is 17.5 Å². The fourth-order valence-electron chi connectivity index (χ4n) is 3.78. The smallest absolute Gasteiger partial charge is 0.225 e. The predicted octanol–water partition coefficient (Wildman–Crippen LogP) is 3.06. The molecule has 23 heavy (non-hydrogen) atoms. The van der Waals surface area contributed by atoms with Crippen LogP contribution in [0.1, 0.15) is 56.6 Å². The number of benzene rings is 1. The lowest BCUT2D eigenvalue weighted by Crippen LogP contribution is -2.42. The molecule has 0 aromatic heterocycles. The number of hydrogen-bond donors (Lipinski definition) is 1. The first-order chi connectivity index (χ1) is 11.1. The maximum absolute atomic E-state index is 12.6. The van der Waals surface area contributed by atoms with Gasteiger partial charge in [0.25, 0.3) is 0 Å². The van der Waals surface area contributed by atoms with E-state index in [4.69, 9.17) is 4.74 Å². The Hall–Kier alpha value is -1.55. The molecule has 1 N–H and O–H groups in total. The summed E-state index contributed by atoms with van der Waals surface area (Å²) in [6, 6.07) is 6.16. The van der Waals surface area contributed by atoms with Gasteiger partial charge in [0.05, 0.1) is 18.6 Å². The standard InChI is InChI=1S/C19H27NO3/c1-2-23-17-7-6-15-8-11-20(14-16(15)12-17)18(21)13-19(22)9-4-3-5-10-19/h6-7,12,22H,2-5,8-11,13-14H2,1H3. The second kappa shape index (κ2) is 6.91. The highest BCUT2D eigenvalue weighted by atomic mass is 16.5. The quantitative estimate of drug-likeness (QED) is 0.928. The molecule has 1 aliphatic heterocycles. The zero-order valence-electron chi connectivity index (χ0n) is 14.0. The fourth-order valence-corrected chi connectivity index (χ4v) is 3.78. The number of rotatable bonds is 4. The van der Waals surface area contributed by atoms with Crippen LogP contribution >= 0.6 is 0 Å². The summed E-state index contributed by atoms with van der Waals surface area (Å²) in [5.41, 5.74) is 1.70. The van der Waals surface area contributed by atoms with Gasteiger partial charge in [0.2, 0.25) is 5.91 Å². The number of carbonyl (C=O) groups is 1. The summed E-state index contributed by atoms with van der Waals surface area (Å²) in [5.74, 6) is 0.952. The second-order valence-corrected chi connectivity index (χ2v) is 6.89. The average Bonchev–Trinajstić information content (AvgIpc) is 2.54. The molecule has 1 fully saturated rings. The first-order valence-corrected chi connectivity index (χ1v) is 8.84. The third-order valence-corrected chi connectivity index (χ3v) is 5.12. The minimum Gasteiger partial charge on any atom is -0.494 e. The molecule has 4 heteroatoms. The summed E-state index contributed by atoms with van der Waals surface area (Å²) in [6.45, 7) is 4.00. The Kier molecular flexibility index (Phi) is 4.90. The number of ether oxygens (including phenoxy) is 1. The molecule has 1 heterocycles. The third kappa shape index (κ3) is 3.86. The number of fused-ring (bicyclic) bond motifs is 1. The SMILES string of the molecule is CCOc1ccc2c(c1)CN(C(=O)CC1(O)CCCCC1)CC2. The molecule has 126 valence electrons. The van der Waals surface area contributed by atoms with Crippen LogP contribution in [0.25, 0.3) is 0 Å². The Labute approximate surface area is 138 Å². The highest BCUT2D eigenvalue weighted by Crippen LogP contribution is 2.32. The minimum absolute atomic E-state index is 0.0851. The van der Waals surface area contributed by atoms with E-state index in [2.05, 4.69) is 6.07 Å². The van der Waals surface area contributed by atoms with Gasteiger partial charge in [-0.25, -0.2) is 0 Å². The maximum Gasteiger partial charge on any atom is 0.225 e. The van der Waals surface area contributed by atoms with Gasteiger partial charge in [0.15, 0.2) is 0 Å². The molecule has 0 atom stereocenters. The fraction of sp³-hybridized carbons (Fsp3) is 0.632. The number of nitrogens with zero attached hydrogens (tertiary/aromatic N) is 1. The van der Waals surface area contributed by atoms with Crippen molar-refractivity contribution in [1.82, 2.24) is 4.90 Å². The molecular weight excluding hydrogens is 290 g/mol. The Morgan fingerprint density at radius 2 is 2.04 bits per heavy atom. The largest absolute Gasteiger partial charge is 0.494 e. The van der Waals surface area contributed by atoms with Crippen molar-refractivity contribution in [1.29, 1.82) is 0 Å². The molecule has 2 aliphatic rings. The lowest BCUT2D eigenvalue weighted by molar-refractivity contribution is -0.138. The number of hydrogen-bond acceptors (Lipinski definition) is 3. The van der Waals surface area contributed by atoms with Crippen LogP contribution < -0.4 is 4.74 Å². The van der Waals surface area contributed by atoms with Gasteiger partial charge < -0.3 is 14.7 Å². The Morgan fingerprint density at radius 3 is 2.78 bits per heavy atom. The lowest BCUT2D eigenvalue weighted by atomic mass is 9.82. The number of aliphatic hydroxyl groups is 1. The van der Waals surface area contributed by atoms with Crippen molar-refractivity contribution < 1.29 is 14.6 Å². The molecule has 0 radical (unpaired) electrons. The predicted molar refractivity (Wildman–Crippen MR) is 89.4 cm³/mol. The summed E-state index contributed by atoms with van der Waals surface area (Å²) < 4.78 is 5.56. The molecule has 3 rings (SSSR count). The van der Waals surface area contributed by atoms with Crippen molar-refractivity contribution in [3.63, 3.8) is 0 Å². The highest BCUT2D eigenvalue weighted by Gasteiger charge is 2.34. The van der Waals surface area contributed by atoms with E-state index in [9.17, 15) is 9.90 Å². The highest BCUT2D eigenvalue weighted by molar-refractivity contribution is 5.77. The topological polar surface area (TPSA) is 49.8 Å². The Bertz CT molecular complexity index is 564. The summed E-state index contributed by atoms with van der Waals surface area (Å²) in [6.07, 6.45) is 5.91. The molecular formula is C19H27NO3. The zero-order chi connectivity index (χ0) is 16.3. The summed E-state index contributed by atoms with van der Waals surface area (Å²) in [4.78, 5) is 14.5. The summed E-state index contributed by atoms with van der Waals surface area (Å²) in [5, 5.41) is 10.6. The van der Waals surface area contributed by atoms with Crippen LogP contribution in [0.4, 0.5) is 0 Å². The molecule has 0 bridgehead atoms. The van der Waals surface area contributed by atoms with Crippen molar-refractivity contribution in [2.75, 3.05) is 13.2 Å². The molecule has 0 spiro atoms. The second-order valence-electron chi connectivity index (χ2n) is 6.89. The molecule has 0 saturated heterocycles. The van der Waals surface area contributed by atoms with Crippen LogP contribution in [0.5, 0.6) is 5.75 Å². The van der Waals surface area contributed by atoms with E-state index in [-0.39, 0.29) is 12.3 Å². The van der Waals surface area contributed by atoms with Crippen LogP contribution in [0, 0.1) is 0 Å². The van der Waals surface area contributed by atoms with Crippen LogP contribution in [0.3, 0.4) is 0 Å². The van der Waals surface area contributed by atoms with E-state index in [0.29, 0.717) is 13.2 Å². The number of amides is 1. The molecule has 1 aromatic rings. The summed E-state index contributed by atoms with van der Waals surface area (Å²) in [7, 11) is 0. The van der Waals surface area contributed by atoms with E-state index >= 15 is 0 Å². The van der Waals surface area contributed by atoms with E-state index < -0.39 is 5.60 Å². The van der Waals surface area contributed by atoms with Crippen LogP contribution in [-0.4, -0.2) is 34.7 Å². The van der Waals surface area contributed by atoms with Crippen molar-refractivity contribution in [3.05, 3.63) is 29.3 Å². The van der Waals surface area contributed by atoms with Gasteiger partial charge in [-0.3, -0.25) is 4.79 Å². The Morgan fingerprint density at radius 1 is 1.26 bits per heavy atom. The zero-order valence-corrected chi connectivity index (χ0v) is 14.0. The van der Waals surface area contributed by atoms with Crippen LogP contribution in [0.15, 0.2) is 18.2 Å². The van der Waals surface area contributed by atoms with Gasteiger partial charge in [-0.15, -0.1) is 0 Å². The van der Waals surface area contributed by atoms with Crippen LogP contribution in [-0.2, 0) is 17.8 Å². The van der Waals surface area contributed by atoms with Gasteiger partial charge in [0.1, 0.15) is 5.75 Å². The molecule has 1 aromatic carbocycles. The van der Waals surface area contributed by atoms with Crippen molar-refractivity contribution in [2.24, 2.45) is 0 Å². The van der Waals surface area contributed by atoms with E-state index in [0.717, 1.165) is 44.4 Å².